The maximum atomic E-state index is 14.3. The van der Waals surface area contributed by atoms with Crippen molar-refractivity contribution in [1.29, 1.82) is 0 Å². The fraction of sp³-hybridized carbons (Fsp3) is 0.889. The topological polar surface area (TPSA) is 78.9 Å². The molecular weight excluding hydrogens is 636 g/mol. The number of hydrogen-bond acceptors (Lipinski definition) is 8. The van der Waals surface area contributed by atoms with Crippen LogP contribution in [0.3, 0.4) is 0 Å². The van der Waals surface area contributed by atoms with E-state index >= 15 is 0 Å². The summed E-state index contributed by atoms with van der Waals surface area (Å²) in [6.07, 6.45) is -6.20. The molecule has 0 amide bonds. The first-order valence-corrected chi connectivity index (χ1v) is 15.8. The van der Waals surface area contributed by atoms with Crippen LogP contribution in [0.25, 0.3) is 0 Å². The van der Waals surface area contributed by atoms with Crippen LogP contribution in [0.4, 0.5) is 35.1 Å². The second kappa shape index (κ2) is 11.7. The molecule has 16 heteroatoms. The Morgan fingerprint density at radius 1 is 0.814 bits per heavy atom. The molecule has 5 rings (SSSR count). The minimum atomic E-state index is -5.93. The normalized spacial score (nSPS) is 34.3. The highest BCUT2D eigenvalue weighted by atomic mass is 32.2. The van der Waals surface area contributed by atoms with Crippen LogP contribution < -0.4 is 0 Å². The largest absolute Gasteiger partial charge is 0.465 e. The fourth-order valence-electron chi connectivity index (χ4n) is 6.78. The van der Waals surface area contributed by atoms with Gasteiger partial charge in [-0.1, -0.05) is 0 Å². The van der Waals surface area contributed by atoms with Crippen LogP contribution in [-0.2, 0) is 28.6 Å². The number of alkyl halides is 8. The zero-order valence-corrected chi connectivity index (χ0v) is 25.4. The molecule has 1 aliphatic heterocycles. The molecule has 0 aromatic carbocycles. The standard InChI is InChI=1S/C27H34F8O6S2/c1-22(2,28)21(38)41-24-6-14-4-16(7-24)26(17(5-14)8-24)42-13-15(11-39-20(37)10-25(31,32)27(33,34)35)18(43-26)12-40-19(36)9-23(3,29)30/h14-18H,4-13H2,1-3H3. The van der Waals surface area contributed by atoms with E-state index in [9.17, 15) is 49.5 Å². The maximum Gasteiger partial charge on any atom is 0.453 e. The van der Waals surface area contributed by atoms with E-state index in [0.717, 1.165) is 26.7 Å². The average Bonchev–Trinajstić information content (AvgIpc) is 2.82. The van der Waals surface area contributed by atoms with Crippen LogP contribution in [0.5, 0.6) is 0 Å². The molecule has 4 bridgehead atoms. The lowest BCUT2D eigenvalue weighted by molar-refractivity contribution is -0.284. The minimum Gasteiger partial charge on any atom is -0.465 e. The number of hydrogen-bond donors (Lipinski definition) is 0. The highest BCUT2D eigenvalue weighted by Crippen LogP contribution is 2.71. The first kappa shape index (κ1) is 34.4. The quantitative estimate of drug-likeness (QED) is 0.144. The number of halogens is 8. The molecule has 4 atom stereocenters. The summed E-state index contributed by atoms with van der Waals surface area (Å²) in [7, 11) is 0. The van der Waals surface area contributed by atoms with Gasteiger partial charge >= 0.3 is 30.0 Å². The monoisotopic (exact) mass is 670 g/mol. The molecule has 5 fully saturated rings. The summed E-state index contributed by atoms with van der Waals surface area (Å²) in [5.41, 5.74) is -3.00. The van der Waals surface area contributed by atoms with Gasteiger partial charge in [-0.3, -0.25) is 9.59 Å². The molecule has 4 saturated carbocycles. The van der Waals surface area contributed by atoms with E-state index in [2.05, 4.69) is 0 Å². The number of carbonyl (C=O) groups excluding carboxylic acids is 3. The maximum absolute atomic E-state index is 14.3. The molecule has 1 saturated heterocycles. The zero-order chi connectivity index (χ0) is 32.2. The Morgan fingerprint density at radius 2 is 1.37 bits per heavy atom. The predicted octanol–water partition coefficient (Wildman–Crippen LogP) is 6.74. The van der Waals surface area contributed by atoms with Crippen molar-refractivity contribution in [3.8, 4) is 0 Å². The number of ether oxygens (including phenoxy) is 3. The molecule has 0 radical (unpaired) electrons. The molecule has 246 valence electrons. The average molecular weight is 671 g/mol. The molecule has 4 aliphatic carbocycles. The third-order valence-electron chi connectivity index (χ3n) is 8.55. The zero-order valence-electron chi connectivity index (χ0n) is 23.7. The Labute approximate surface area is 252 Å². The summed E-state index contributed by atoms with van der Waals surface area (Å²) in [6.45, 7) is 1.89. The Kier molecular flexibility index (Phi) is 9.39. The minimum absolute atomic E-state index is 0.0172. The van der Waals surface area contributed by atoms with E-state index in [0.29, 0.717) is 26.2 Å². The van der Waals surface area contributed by atoms with Gasteiger partial charge in [0.2, 0.25) is 5.67 Å². The lowest BCUT2D eigenvalue weighted by Gasteiger charge is -2.65. The molecule has 0 N–H and O–H groups in total. The summed E-state index contributed by atoms with van der Waals surface area (Å²) >= 11 is 2.91. The van der Waals surface area contributed by atoms with Crippen molar-refractivity contribution in [3.63, 3.8) is 0 Å². The Hall–Kier alpha value is -1.45. The number of rotatable bonds is 10. The van der Waals surface area contributed by atoms with Crippen molar-refractivity contribution >= 4 is 41.4 Å². The van der Waals surface area contributed by atoms with Crippen LogP contribution in [-0.4, -0.2) is 75.5 Å². The van der Waals surface area contributed by atoms with Crippen LogP contribution >= 0.6 is 23.5 Å². The Morgan fingerprint density at radius 3 is 1.91 bits per heavy atom. The van der Waals surface area contributed by atoms with E-state index in [1.54, 1.807) is 0 Å². The third-order valence-corrected chi connectivity index (χ3v) is 12.8. The Bertz CT molecular complexity index is 1070. The van der Waals surface area contributed by atoms with Gasteiger partial charge in [0, 0.05) is 16.9 Å². The van der Waals surface area contributed by atoms with Gasteiger partial charge in [0.25, 0.3) is 5.92 Å². The van der Waals surface area contributed by atoms with Gasteiger partial charge in [-0.05, 0) is 70.6 Å². The second-order valence-electron chi connectivity index (χ2n) is 12.8. The highest BCUT2D eigenvalue weighted by molar-refractivity contribution is 8.19. The second-order valence-corrected chi connectivity index (χ2v) is 15.9. The summed E-state index contributed by atoms with van der Waals surface area (Å²) in [5, 5.41) is -0.660. The smallest absolute Gasteiger partial charge is 0.453 e. The molecule has 0 aromatic rings. The molecule has 1 heterocycles. The van der Waals surface area contributed by atoms with Crippen LogP contribution in [0.1, 0.15) is 65.7 Å². The molecular formula is C27H34F8O6S2. The molecule has 1 spiro atoms. The van der Waals surface area contributed by atoms with Crippen LogP contribution in [0.15, 0.2) is 0 Å². The van der Waals surface area contributed by atoms with E-state index in [1.807, 2.05) is 0 Å². The number of esters is 3. The fourth-order valence-corrected chi connectivity index (χ4v) is 11.1. The van der Waals surface area contributed by atoms with Gasteiger partial charge in [0.1, 0.15) is 25.0 Å². The summed E-state index contributed by atoms with van der Waals surface area (Å²) < 4.78 is 121. The van der Waals surface area contributed by atoms with Gasteiger partial charge in [0.15, 0.2) is 0 Å². The molecule has 4 unspecified atom stereocenters. The van der Waals surface area contributed by atoms with Crippen molar-refractivity contribution in [2.45, 2.75) is 104 Å². The lowest BCUT2D eigenvalue weighted by atomic mass is 9.53. The SMILES string of the molecule is CC(F)(F)CC(=O)OCC1SC2(SCC1COC(=O)CC(F)(F)C(F)(F)F)C1CC3CC2CC(OC(=O)C(C)(C)F)(C3)C1. The Balaban J connectivity index is 1.48. The summed E-state index contributed by atoms with van der Waals surface area (Å²) in [6, 6.07) is 0. The van der Waals surface area contributed by atoms with E-state index in [-0.39, 0.29) is 30.1 Å². The van der Waals surface area contributed by atoms with Gasteiger partial charge < -0.3 is 14.2 Å². The molecule has 5 aliphatic rings. The van der Waals surface area contributed by atoms with E-state index < -0.39 is 81.9 Å². The van der Waals surface area contributed by atoms with Gasteiger partial charge in [-0.2, -0.15) is 22.0 Å². The number of thioether (sulfide) groups is 2. The van der Waals surface area contributed by atoms with Crippen LogP contribution in [0, 0.1) is 23.7 Å². The predicted molar refractivity (Wildman–Crippen MR) is 140 cm³/mol. The first-order chi connectivity index (χ1) is 19.5. The highest BCUT2D eigenvalue weighted by Gasteiger charge is 2.66. The molecule has 43 heavy (non-hydrogen) atoms. The van der Waals surface area contributed by atoms with Crippen molar-refractivity contribution in [3.05, 3.63) is 0 Å². The van der Waals surface area contributed by atoms with Crippen molar-refractivity contribution in [2.75, 3.05) is 19.0 Å². The number of carbonyl (C=O) groups is 3. The third kappa shape index (κ3) is 7.69. The van der Waals surface area contributed by atoms with E-state index in [4.69, 9.17) is 14.2 Å². The van der Waals surface area contributed by atoms with Gasteiger partial charge in [-0.15, -0.1) is 23.5 Å². The summed E-state index contributed by atoms with van der Waals surface area (Å²) in [5.74, 6) is -12.7. The lowest BCUT2D eigenvalue weighted by Crippen LogP contribution is -2.64. The molecule has 6 nitrogen and oxygen atoms in total. The first-order valence-electron chi connectivity index (χ1n) is 13.9. The van der Waals surface area contributed by atoms with Gasteiger partial charge in [0.05, 0.1) is 10.7 Å². The van der Waals surface area contributed by atoms with E-state index in [1.165, 1.54) is 23.5 Å². The molecule has 0 aromatic heterocycles. The van der Waals surface area contributed by atoms with Crippen molar-refractivity contribution in [2.24, 2.45) is 23.7 Å². The van der Waals surface area contributed by atoms with Gasteiger partial charge in [-0.25, -0.2) is 18.0 Å². The summed E-state index contributed by atoms with van der Waals surface area (Å²) in [4.78, 5) is 36.5. The van der Waals surface area contributed by atoms with Crippen molar-refractivity contribution in [1.82, 2.24) is 0 Å². The van der Waals surface area contributed by atoms with Crippen molar-refractivity contribution < 1.29 is 63.7 Å². The van der Waals surface area contributed by atoms with Crippen LogP contribution in [0.2, 0.25) is 0 Å².